The molecule has 0 radical (unpaired) electrons. The van der Waals surface area contributed by atoms with Gasteiger partial charge < -0.3 is 0 Å². The first kappa shape index (κ1) is 8.69. The summed E-state index contributed by atoms with van der Waals surface area (Å²) in [4.78, 5) is 3.76. The van der Waals surface area contributed by atoms with Gasteiger partial charge in [0.2, 0.25) is 0 Å². The van der Waals surface area contributed by atoms with Gasteiger partial charge in [-0.15, -0.1) is 0 Å². The van der Waals surface area contributed by atoms with E-state index in [1.165, 1.54) is 11.9 Å². The lowest BCUT2D eigenvalue weighted by molar-refractivity contribution is 0.878. The monoisotopic (exact) mass is 144 g/mol. The molecule has 0 aromatic carbocycles. The van der Waals surface area contributed by atoms with Gasteiger partial charge in [0.1, 0.15) is 5.84 Å². The molecule has 0 N–H and O–H groups in total. The summed E-state index contributed by atoms with van der Waals surface area (Å²) in [6.07, 6.45) is 1.91. The predicted molar refractivity (Wildman–Crippen MR) is 45.3 cm³/mol. The van der Waals surface area contributed by atoms with Crippen molar-refractivity contribution in [2.75, 3.05) is 6.26 Å². The van der Waals surface area contributed by atoms with E-state index >= 15 is 0 Å². The highest BCUT2D eigenvalue weighted by atomic mass is 32.2. The fourth-order valence-corrected chi connectivity index (χ4v) is 0.866. The van der Waals surface area contributed by atoms with Crippen molar-refractivity contribution in [1.29, 1.82) is 0 Å². The molecule has 0 unspecified atom stereocenters. The minimum atomic E-state index is 0.384. The molecule has 0 aliphatic carbocycles. The maximum Gasteiger partial charge on any atom is 0.138 e. The number of aliphatic imine (C=N–C) groups is 1. The topological polar surface area (TPSA) is 24.7 Å². The molecule has 0 aliphatic heterocycles. The van der Waals surface area contributed by atoms with E-state index in [9.17, 15) is 0 Å². The molecule has 0 spiro atoms. The average molecular weight is 144 g/mol. The molecular weight excluding hydrogens is 132 g/mol. The lowest BCUT2D eigenvalue weighted by Gasteiger charge is -2.00. The average Bonchev–Trinajstić information content (AvgIpc) is 1.82. The summed E-state index contributed by atoms with van der Waals surface area (Å²) < 4.78 is 4.05. The Kier molecular flexibility index (Phi) is 4.40. The zero-order valence-electron chi connectivity index (χ0n) is 6.09. The number of hydrogen-bond donors (Lipinski definition) is 0. The molecule has 0 heterocycles. The van der Waals surface area contributed by atoms with Crippen LogP contribution in [0.3, 0.4) is 0 Å². The Morgan fingerprint density at radius 2 is 2.11 bits per heavy atom. The minimum absolute atomic E-state index is 0.384. The Hall–Kier alpha value is -0.310. The molecule has 0 amide bonds. The first-order valence-corrected chi connectivity index (χ1v) is 3.98. The van der Waals surface area contributed by atoms with E-state index in [0.717, 1.165) is 5.84 Å². The van der Waals surface area contributed by atoms with Gasteiger partial charge in [-0.1, -0.05) is 13.8 Å². The summed E-state index contributed by atoms with van der Waals surface area (Å²) in [5, 5.41) is 0. The van der Waals surface area contributed by atoms with E-state index in [2.05, 4.69) is 16.1 Å². The lowest BCUT2D eigenvalue weighted by atomic mass is 10.2. The first-order valence-electron chi connectivity index (χ1n) is 2.80. The molecule has 2 nitrogen and oxygen atoms in total. The van der Waals surface area contributed by atoms with Crippen molar-refractivity contribution in [2.24, 2.45) is 15.3 Å². The zero-order chi connectivity index (χ0) is 7.28. The Bertz CT molecular complexity index is 118. The van der Waals surface area contributed by atoms with Crippen LogP contribution < -0.4 is 0 Å². The van der Waals surface area contributed by atoms with E-state index in [1.807, 2.05) is 20.1 Å². The standard InChI is InChI=1S/C6H12N2S/c1-5(2)6(7-3)8-9-4/h5H,3H2,1-2,4H3. The van der Waals surface area contributed by atoms with Gasteiger partial charge >= 0.3 is 0 Å². The molecule has 9 heavy (non-hydrogen) atoms. The molecule has 0 saturated heterocycles. The van der Waals surface area contributed by atoms with E-state index < -0.39 is 0 Å². The second-order valence-electron chi connectivity index (χ2n) is 1.94. The molecule has 0 aromatic heterocycles. The maximum absolute atomic E-state index is 4.05. The lowest BCUT2D eigenvalue weighted by Crippen LogP contribution is -2.01. The second kappa shape index (κ2) is 4.56. The smallest absolute Gasteiger partial charge is 0.138 e. The Labute approximate surface area is 60.6 Å². The third-order valence-corrected chi connectivity index (χ3v) is 1.23. The minimum Gasteiger partial charge on any atom is -0.248 e. The second-order valence-corrected chi connectivity index (χ2v) is 2.49. The summed E-state index contributed by atoms with van der Waals surface area (Å²) in [6, 6.07) is 0. The van der Waals surface area contributed by atoms with Gasteiger partial charge in [-0.3, -0.25) is 0 Å². The van der Waals surface area contributed by atoms with Crippen LogP contribution >= 0.6 is 11.9 Å². The van der Waals surface area contributed by atoms with Crippen molar-refractivity contribution in [1.82, 2.24) is 0 Å². The van der Waals surface area contributed by atoms with Crippen molar-refractivity contribution < 1.29 is 0 Å². The van der Waals surface area contributed by atoms with Gasteiger partial charge in [-0.05, 0) is 18.7 Å². The summed E-state index contributed by atoms with van der Waals surface area (Å²) in [7, 11) is 0. The number of hydrogen-bond acceptors (Lipinski definition) is 2. The Morgan fingerprint density at radius 3 is 2.22 bits per heavy atom. The van der Waals surface area contributed by atoms with Crippen molar-refractivity contribution in [3.63, 3.8) is 0 Å². The molecule has 52 valence electrons. The summed E-state index contributed by atoms with van der Waals surface area (Å²) in [5.74, 6) is 1.21. The fraction of sp³-hybridized carbons (Fsp3) is 0.667. The highest BCUT2D eigenvalue weighted by molar-refractivity contribution is 7.97. The van der Waals surface area contributed by atoms with Gasteiger partial charge in [0, 0.05) is 12.2 Å². The normalized spacial score (nSPS) is 12.2. The van der Waals surface area contributed by atoms with E-state index in [1.54, 1.807) is 0 Å². The quantitative estimate of drug-likeness (QED) is 0.330. The van der Waals surface area contributed by atoms with E-state index in [-0.39, 0.29) is 0 Å². The van der Waals surface area contributed by atoms with Crippen LogP contribution in [0.4, 0.5) is 0 Å². The highest BCUT2D eigenvalue weighted by Gasteiger charge is 1.99. The molecule has 0 bridgehead atoms. The van der Waals surface area contributed by atoms with Crippen molar-refractivity contribution in [3.8, 4) is 0 Å². The van der Waals surface area contributed by atoms with Crippen LogP contribution in [0, 0.1) is 5.92 Å². The maximum atomic E-state index is 4.05. The third-order valence-electron chi connectivity index (χ3n) is 0.863. The fourth-order valence-electron chi connectivity index (χ4n) is 0.410. The summed E-state index contributed by atoms with van der Waals surface area (Å²) in [5.41, 5.74) is 0. The third kappa shape index (κ3) is 3.30. The van der Waals surface area contributed by atoms with Crippen LogP contribution in [0.15, 0.2) is 9.39 Å². The van der Waals surface area contributed by atoms with Gasteiger partial charge in [-0.25, -0.2) is 9.39 Å². The largest absolute Gasteiger partial charge is 0.248 e. The molecule has 0 rings (SSSR count). The Morgan fingerprint density at radius 1 is 1.56 bits per heavy atom. The van der Waals surface area contributed by atoms with Crippen LogP contribution in [0.1, 0.15) is 13.8 Å². The molecular formula is C6H12N2S. The van der Waals surface area contributed by atoms with Crippen molar-refractivity contribution in [3.05, 3.63) is 0 Å². The van der Waals surface area contributed by atoms with Gasteiger partial charge in [0.05, 0.1) is 0 Å². The zero-order valence-corrected chi connectivity index (χ0v) is 6.90. The van der Waals surface area contributed by atoms with Crippen molar-refractivity contribution >= 4 is 24.5 Å². The van der Waals surface area contributed by atoms with E-state index in [0.29, 0.717) is 5.92 Å². The molecule has 0 aliphatic rings. The first-order chi connectivity index (χ1) is 4.22. The highest BCUT2D eigenvalue weighted by Crippen LogP contribution is 2.03. The van der Waals surface area contributed by atoms with Crippen LogP contribution in [-0.2, 0) is 0 Å². The molecule has 3 heteroatoms. The van der Waals surface area contributed by atoms with Gasteiger partial charge in [0.25, 0.3) is 0 Å². The van der Waals surface area contributed by atoms with Crippen LogP contribution in [0.2, 0.25) is 0 Å². The Balaban J connectivity index is 3.97. The molecule has 0 fully saturated rings. The van der Waals surface area contributed by atoms with Crippen LogP contribution in [0.5, 0.6) is 0 Å². The summed E-state index contributed by atoms with van der Waals surface area (Å²) in [6.45, 7) is 7.50. The number of amidine groups is 1. The van der Waals surface area contributed by atoms with Gasteiger partial charge in [-0.2, -0.15) is 0 Å². The van der Waals surface area contributed by atoms with Crippen molar-refractivity contribution in [2.45, 2.75) is 13.8 Å². The summed E-state index contributed by atoms with van der Waals surface area (Å²) >= 11 is 1.42. The van der Waals surface area contributed by atoms with Crippen LogP contribution in [0.25, 0.3) is 0 Å². The number of rotatable bonds is 2. The van der Waals surface area contributed by atoms with Crippen LogP contribution in [-0.4, -0.2) is 18.8 Å². The molecule has 0 aromatic rings. The molecule has 0 atom stereocenters. The van der Waals surface area contributed by atoms with Gasteiger partial charge in [0.15, 0.2) is 0 Å². The SMILES string of the molecule is C=NC(=NSC)C(C)C. The number of nitrogens with zero attached hydrogens (tertiary/aromatic N) is 2. The van der Waals surface area contributed by atoms with E-state index in [4.69, 9.17) is 0 Å². The predicted octanol–water partition coefficient (Wildman–Crippen LogP) is 2.02. The molecule has 0 saturated carbocycles.